The van der Waals surface area contributed by atoms with Gasteiger partial charge < -0.3 is 15.0 Å². The lowest BCUT2D eigenvalue weighted by atomic mass is 10.0. The van der Waals surface area contributed by atoms with Crippen LogP contribution >= 0.6 is 11.6 Å². The standard InChI is InChI=1S/C12H17ClN2O3/c1-4-12(2,3)15-10(16)7-18-11(17)9-5-8(13)6-14-9/h5-6,14H,4,7H2,1-3H3,(H,15,16). The normalized spacial score (nSPS) is 11.1. The summed E-state index contributed by atoms with van der Waals surface area (Å²) in [7, 11) is 0. The van der Waals surface area contributed by atoms with Crippen LogP contribution in [0.3, 0.4) is 0 Å². The maximum atomic E-state index is 11.5. The number of rotatable bonds is 5. The highest BCUT2D eigenvalue weighted by molar-refractivity contribution is 6.30. The van der Waals surface area contributed by atoms with Gasteiger partial charge in [-0.25, -0.2) is 4.79 Å². The number of amides is 1. The van der Waals surface area contributed by atoms with Crippen molar-refractivity contribution in [1.29, 1.82) is 0 Å². The van der Waals surface area contributed by atoms with Crippen molar-refractivity contribution in [2.24, 2.45) is 0 Å². The number of hydrogen-bond acceptors (Lipinski definition) is 3. The van der Waals surface area contributed by atoms with Gasteiger partial charge in [-0.05, 0) is 26.3 Å². The molecule has 2 N–H and O–H groups in total. The highest BCUT2D eigenvalue weighted by Crippen LogP contribution is 2.10. The van der Waals surface area contributed by atoms with Crippen LogP contribution in [0.2, 0.25) is 5.02 Å². The number of carbonyl (C=O) groups excluding carboxylic acids is 2. The zero-order valence-corrected chi connectivity index (χ0v) is 11.4. The van der Waals surface area contributed by atoms with Gasteiger partial charge in [0, 0.05) is 11.7 Å². The summed E-state index contributed by atoms with van der Waals surface area (Å²) >= 11 is 5.65. The van der Waals surface area contributed by atoms with E-state index >= 15 is 0 Å². The predicted molar refractivity (Wildman–Crippen MR) is 68.6 cm³/mol. The van der Waals surface area contributed by atoms with Crippen LogP contribution in [0.15, 0.2) is 12.3 Å². The van der Waals surface area contributed by atoms with E-state index in [0.29, 0.717) is 5.02 Å². The largest absolute Gasteiger partial charge is 0.451 e. The highest BCUT2D eigenvalue weighted by Gasteiger charge is 2.19. The number of H-pyrrole nitrogens is 1. The maximum absolute atomic E-state index is 11.5. The van der Waals surface area contributed by atoms with Crippen LogP contribution in [-0.2, 0) is 9.53 Å². The molecule has 5 nitrogen and oxygen atoms in total. The summed E-state index contributed by atoms with van der Waals surface area (Å²) in [4.78, 5) is 25.7. The molecule has 18 heavy (non-hydrogen) atoms. The van der Waals surface area contributed by atoms with E-state index in [1.807, 2.05) is 20.8 Å². The summed E-state index contributed by atoms with van der Waals surface area (Å²) in [5.41, 5.74) is -0.0817. The van der Waals surface area contributed by atoms with Crippen LogP contribution in [0.1, 0.15) is 37.7 Å². The summed E-state index contributed by atoms with van der Waals surface area (Å²) < 4.78 is 4.85. The Bertz CT molecular complexity index is 440. The van der Waals surface area contributed by atoms with Crippen LogP contribution in [0.4, 0.5) is 0 Å². The van der Waals surface area contributed by atoms with Crippen molar-refractivity contribution in [1.82, 2.24) is 10.3 Å². The number of halogens is 1. The molecular formula is C12H17ClN2O3. The van der Waals surface area contributed by atoms with Crippen molar-refractivity contribution in [3.8, 4) is 0 Å². The van der Waals surface area contributed by atoms with Gasteiger partial charge in [-0.1, -0.05) is 18.5 Å². The van der Waals surface area contributed by atoms with E-state index in [0.717, 1.165) is 6.42 Å². The number of aromatic amines is 1. The summed E-state index contributed by atoms with van der Waals surface area (Å²) in [6.07, 6.45) is 2.26. The fourth-order valence-corrected chi connectivity index (χ4v) is 1.36. The van der Waals surface area contributed by atoms with Gasteiger partial charge >= 0.3 is 5.97 Å². The first-order valence-corrected chi connectivity index (χ1v) is 6.04. The van der Waals surface area contributed by atoms with Crippen molar-refractivity contribution in [2.75, 3.05) is 6.61 Å². The Kier molecular flexibility index (Phi) is 4.78. The van der Waals surface area contributed by atoms with Crippen LogP contribution in [0.5, 0.6) is 0 Å². The minimum atomic E-state index is -0.605. The number of aromatic nitrogens is 1. The molecule has 0 saturated heterocycles. The molecule has 0 aliphatic carbocycles. The second-order valence-corrected chi connectivity index (χ2v) is 5.03. The average Bonchev–Trinajstić information content (AvgIpc) is 2.72. The van der Waals surface area contributed by atoms with Crippen molar-refractivity contribution < 1.29 is 14.3 Å². The van der Waals surface area contributed by atoms with E-state index in [1.54, 1.807) is 0 Å². The van der Waals surface area contributed by atoms with Crippen LogP contribution in [0, 0.1) is 0 Å². The van der Waals surface area contributed by atoms with Crippen molar-refractivity contribution in [3.63, 3.8) is 0 Å². The number of hydrogen-bond donors (Lipinski definition) is 2. The summed E-state index contributed by atoms with van der Waals surface area (Å²) in [6.45, 7) is 5.46. The molecule has 0 aliphatic heterocycles. The number of carbonyl (C=O) groups is 2. The van der Waals surface area contributed by atoms with E-state index in [9.17, 15) is 9.59 Å². The van der Waals surface area contributed by atoms with Crippen molar-refractivity contribution >= 4 is 23.5 Å². The Morgan fingerprint density at radius 2 is 2.17 bits per heavy atom. The fraction of sp³-hybridized carbons (Fsp3) is 0.500. The molecule has 0 radical (unpaired) electrons. The third-order valence-corrected chi connectivity index (χ3v) is 2.78. The molecule has 0 fully saturated rings. The molecule has 1 heterocycles. The lowest BCUT2D eigenvalue weighted by Crippen LogP contribution is -2.44. The van der Waals surface area contributed by atoms with E-state index in [2.05, 4.69) is 10.3 Å². The molecule has 1 aromatic heterocycles. The second kappa shape index (κ2) is 5.91. The van der Waals surface area contributed by atoms with Gasteiger partial charge in [0.15, 0.2) is 6.61 Å². The molecule has 0 atom stereocenters. The molecule has 0 saturated carbocycles. The van der Waals surface area contributed by atoms with E-state index in [4.69, 9.17) is 16.3 Å². The molecule has 0 aliphatic rings. The molecule has 0 bridgehead atoms. The Balaban J connectivity index is 2.42. The van der Waals surface area contributed by atoms with E-state index in [1.165, 1.54) is 12.3 Å². The number of esters is 1. The Morgan fingerprint density at radius 3 is 2.67 bits per heavy atom. The van der Waals surface area contributed by atoms with Crippen molar-refractivity contribution in [3.05, 3.63) is 23.0 Å². The molecule has 0 unspecified atom stereocenters. The molecule has 1 rings (SSSR count). The van der Waals surface area contributed by atoms with Gasteiger partial charge in [-0.15, -0.1) is 0 Å². The molecular weight excluding hydrogens is 256 g/mol. The molecule has 1 aromatic rings. The Morgan fingerprint density at radius 1 is 1.50 bits per heavy atom. The van der Waals surface area contributed by atoms with Gasteiger partial charge in [-0.2, -0.15) is 0 Å². The molecule has 6 heteroatoms. The Hall–Kier alpha value is -1.49. The van der Waals surface area contributed by atoms with Crippen LogP contribution in [0.25, 0.3) is 0 Å². The minimum Gasteiger partial charge on any atom is -0.451 e. The SMILES string of the molecule is CCC(C)(C)NC(=O)COC(=O)c1cc(Cl)c[nH]1. The first-order valence-electron chi connectivity index (χ1n) is 5.66. The molecule has 0 aromatic carbocycles. The average molecular weight is 273 g/mol. The maximum Gasteiger partial charge on any atom is 0.355 e. The van der Waals surface area contributed by atoms with Gasteiger partial charge in [0.05, 0.1) is 5.02 Å². The summed E-state index contributed by atoms with van der Waals surface area (Å²) in [5, 5.41) is 3.18. The first kappa shape index (κ1) is 14.6. The molecule has 100 valence electrons. The zero-order valence-electron chi connectivity index (χ0n) is 10.7. The third-order valence-electron chi connectivity index (χ3n) is 2.56. The van der Waals surface area contributed by atoms with Crippen LogP contribution < -0.4 is 5.32 Å². The summed E-state index contributed by atoms with van der Waals surface area (Å²) in [6, 6.07) is 1.44. The monoisotopic (exact) mass is 272 g/mol. The fourth-order valence-electron chi connectivity index (χ4n) is 1.20. The highest BCUT2D eigenvalue weighted by atomic mass is 35.5. The van der Waals surface area contributed by atoms with Gasteiger partial charge in [0.25, 0.3) is 5.91 Å². The number of nitrogens with one attached hydrogen (secondary N) is 2. The van der Waals surface area contributed by atoms with E-state index in [-0.39, 0.29) is 23.7 Å². The Labute approximate surface area is 111 Å². The van der Waals surface area contributed by atoms with Crippen molar-refractivity contribution in [2.45, 2.75) is 32.7 Å². The predicted octanol–water partition coefficient (Wildman–Crippen LogP) is 2.13. The first-order chi connectivity index (χ1) is 8.34. The quantitative estimate of drug-likeness (QED) is 0.807. The van der Waals surface area contributed by atoms with E-state index < -0.39 is 5.97 Å². The zero-order chi connectivity index (χ0) is 13.8. The summed E-state index contributed by atoms with van der Waals surface area (Å²) in [5.74, 6) is -0.931. The third kappa shape index (κ3) is 4.41. The smallest absolute Gasteiger partial charge is 0.355 e. The lowest BCUT2D eigenvalue weighted by Gasteiger charge is -2.24. The van der Waals surface area contributed by atoms with Crippen LogP contribution in [-0.4, -0.2) is 29.0 Å². The molecule has 1 amide bonds. The molecule has 0 spiro atoms. The number of ether oxygens (including phenoxy) is 1. The lowest BCUT2D eigenvalue weighted by molar-refractivity contribution is -0.125. The minimum absolute atomic E-state index is 0.225. The van der Waals surface area contributed by atoms with Gasteiger partial charge in [0.2, 0.25) is 0 Å². The second-order valence-electron chi connectivity index (χ2n) is 4.59. The van der Waals surface area contributed by atoms with Gasteiger partial charge in [0.1, 0.15) is 5.69 Å². The topological polar surface area (TPSA) is 71.2 Å². The van der Waals surface area contributed by atoms with Gasteiger partial charge in [-0.3, -0.25) is 4.79 Å².